The Kier molecular flexibility index (Phi) is 3.73. The van der Waals surface area contributed by atoms with Gasteiger partial charge in [-0.15, -0.1) is 0 Å². The first-order valence-corrected chi connectivity index (χ1v) is 8.62. The van der Waals surface area contributed by atoms with Gasteiger partial charge in [-0.25, -0.2) is 0 Å². The van der Waals surface area contributed by atoms with Crippen molar-refractivity contribution in [3.63, 3.8) is 0 Å². The van der Waals surface area contributed by atoms with Gasteiger partial charge in [0.1, 0.15) is 6.61 Å². The van der Waals surface area contributed by atoms with E-state index < -0.39 is 0 Å². The van der Waals surface area contributed by atoms with Gasteiger partial charge in [0.05, 0.1) is 0 Å². The molecule has 3 aliphatic carbocycles. The number of ketones is 1. The van der Waals surface area contributed by atoms with Crippen molar-refractivity contribution < 1.29 is 9.90 Å². The van der Waals surface area contributed by atoms with Gasteiger partial charge in [-0.2, -0.15) is 0 Å². The second-order valence-electron chi connectivity index (χ2n) is 8.15. The van der Waals surface area contributed by atoms with Crippen LogP contribution in [0.1, 0.15) is 59.3 Å². The Labute approximate surface area is 123 Å². The number of rotatable bonds is 2. The smallest absolute Gasteiger partial charge is 0.161 e. The Balaban J connectivity index is 1.84. The third-order valence-corrected chi connectivity index (χ3v) is 7.57. The van der Waals surface area contributed by atoms with E-state index in [0.29, 0.717) is 0 Å². The van der Waals surface area contributed by atoms with Crippen LogP contribution in [-0.4, -0.2) is 17.5 Å². The molecule has 0 heterocycles. The summed E-state index contributed by atoms with van der Waals surface area (Å²) < 4.78 is 0. The van der Waals surface area contributed by atoms with Gasteiger partial charge in [0.25, 0.3) is 0 Å². The predicted octanol–water partition coefficient (Wildman–Crippen LogP) is 3.67. The second kappa shape index (κ2) is 5.12. The van der Waals surface area contributed by atoms with E-state index in [4.69, 9.17) is 0 Å². The largest absolute Gasteiger partial charge is 0.389 e. The van der Waals surface area contributed by atoms with Gasteiger partial charge in [-0.3, -0.25) is 4.79 Å². The summed E-state index contributed by atoms with van der Waals surface area (Å²) in [5.74, 6) is 4.43. The van der Waals surface area contributed by atoms with Gasteiger partial charge >= 0.3 is 0 Å². The number of fused-ring (bicyclic) bond motifs is 3. The van der Waals surface area contributed by atoms with Gasteiger partial charge in [0, 0.05) is 5.92 Å². The van der Waals surface area contributed by atoms with Gasteiger partial charge < -0.3 is 5.11 Å². The lowest BCUT2D eigenvalue weighted by Gasteiger charge is -2.53. The molecular formula is C18H30O2. The maximum atomic E-state index is 12.1. The van der Waals surface area contributed by atoms with Crippen molar-refractivity contribution in [2.24, 2.45) is 40.9 Å². The molecule has 2 nitrogen and oxygen atoms in total. The van der Waals surface area contributed by atoms with E-state index in [1.165, 1.54) is 32.1 Å². The van der Waals surface area contributed by atoms with E-state index in [1.54, 1.807) is 0 Å². The molecule has 0 radical (unpaired) electrons. The average molecular weight is 278 g/mol. The third-order valence-electron chi connectivity index (χ3n) is 7.57. The van der Waals surface area contributed by atoms with Crippen LogP contribution in [-0.2, 0) is 4.79 Å². The molecule has 2 heteroatoms. The lowest BCUT2D eigenvalue weighted by Crippen LogP contribution is -2.47. The number of Topliss-reactive ketones (excluding diaryl/α,β-unsaturated/α-hetero) is 1. The number of aliphatic hydroxyl groups excluding tert-OH is 1. The van der Waals surface area contributed by atoms with Crippen molar-refractivity contribution in [3.8, 4) is 0 Å². The maximum absolute atomic E-state index is 12.1. The van der Waals surface area contributed by atoms with E-state index in [1.807, 2.05) is 0 Å². The van der Waals surface area contributed by atoms with Crippen LogP contribution in [0, 0.1) is 40.9 Å². The molecule has 0 aromatic rings. The highest BCUT2D eigenvalue weighted by atomic mass is 16.3. The third kappa shape index (κ3) is 1.98. The number of hydrogen-bond donors (Lipinski definition) is 1. The lowest BCUT2D eigenvalue weighted by atomic mass is 9.51. The Morgan fingerprint density at radius 1 is 1.10 bits per heavy atom. The fourth-order valence-corrected chi connectivity index (χ4v) is 6.16. The predicted molar refractivity (Wildman–Crippen MR) is 80.2 cm³/mol. The summed E-state index contributed by atoms with van der Waals surface area (Å²) in [6.45, 7) is 6.97. The number of carbonyl (C=O) groups is 1. The summed E-state index contributed by atoms with van der Waals surface area (Å²) >= 11 is 0. The first-order chi connectivity index (χ1) is 9.49. The van der Waals surface area contributed by atoms with E-state index in [0.717, 1.165) is 36.0 Å². The Morgan fingerprint density at radius 2 is 1.85 bits per heavy atom. The molecule has 7 unspecified atom stereocenters. The summed E-state index contributed by atoms with van der Waals surface area (Å²) in [7, 11) is 0. The van der Waals surface area contributed by atoms with Crippen LogP contribution in [0.15, 0.2) is 0 Å². The number of aliphatic hydroxyl groups is 1. The van der Waals surface area contributed by atoms with Gasteiger partial charge in [-0.05, 0) is 67.1 Å². The molecule has 1 N–H and O–H groups in total. The Bertz CT molecular complexity index is 391. The van der Waals surface area contributed by atoms with Crippen LogP contribution >= 0.6 is 0 Å². The van der Waals surface area contributed by atoms with Crippen molar-refractivity contribution >= 4 is 5.78 Å². The SMILES string of the molecule is CC1CCC2C(CCC3(C)C(C(=O)CO)CCC23)C1C. The standard InChI is InChI=1S/C18H30O2/c1-11-4-5-14-13(12(11)2)8-9-18(3)15(14)6-7-16(18)17(20)10-19/h11-16,19H,4-10H2,1-3H3. The van der Waals surface area contributed by atoms with Crippen molar-refractivity contribution in [2.75, 3.05) is 6.61 Å². The van der Waals surface area contributed by atoms with Crippen LogP contribution in [0.3, 0.4) is 0 Å². The number of carbonyl (C=O) groups excluding carboxylic acids is 1. The zero-order valence-corrected chi connectivity index (χ0v) is 13.3. The molecule has 3 saturated carbocycles. The molecule has 7 atom stereocenters. The van der Waals surface area contributed by atoms with Gasteiger partial charge in [-0.1, -0.05) is 27.2 Å². The molecule has 0 amide bonds. The Hall–Kier alpha value is -0.370. The molecule has 114 valence electrons. The molecule has 3 aliphatic rings. The minimum Gasteiger partial charge on any atom is -0.389 e. The minimum atomic E-state index is -0.255. The summed E-state index contributed by atoms with van der Waals surface area (Å²) in [4.78, 5) is 12.1. The van der Waals surface area contributed by atoms with Crippen molar-refractivity contribution in [3.05, 3.63) is 0 Å². The lowest BCUT2D eigenvalue weighted by molar-refractivity contribution is -0.132. The summed E-state index contributed by atoms with van der Waals surface area (Å²) in [5, 5.41) is 9.26. The molecule has 3 fully saturated rings. The maximum Gasteiger partial charge on any atom is 0.161 e. The molecule has 3 rings (SSSR count). The normalized spacial score (nSPS) is 51.4. The highest BCUT2D eigenvalue weighted by Crippen LogP contribution is 2.62. The average Bonchev–Trinajstić information content (AvgIpc) is 2.79. The summed E-state index contributed by atoms with van der Waals surface area (Å²) in [6.07, 6.45) is 7.48. The topological polar surface area (TPSA) is 37.3 Å². The van der Waals surface area contributed by atoms with Crippen LogP contribution < -0.4 is 0 Å². The summed E-state index contributed by atoms with van der Waals surface area (Å²) in [5.41, 5.74) is 0.182. The van der Waals surface area contributed by atoms with E-state index in [2.05, 4.69) is 20.8 Å². The van der Waals surface area contributed by atoms with E-state index >= 15 is 0 Å². The van der Waals surface area contributed by atoms with Crippen molar-refractivity contribution in [1.82, 2.24) is 0 Å². The molecule has 0 bridgehead atoms. The fourth-order valence-electron chi connectivity index (χ4n) is 6.16. The first kappa shape index (κ1) is 14.6. The van der Waals surface area contributed by atoms with Crippen LogP contribution in [0.4, 0.5) is 0 Å². The zero-order chi connectivity index (χ0) is 14.5. The fraction of sp³-hybridized carbons (Fsp3) is 0.944. The van der Waals surface area contributed by atoms with E-state index in [9.17, 15) is 9.90 Å². The zero-order valence-electron chi connectivity index (χ0n) is 13.3. The molecule has 0 aromatic carbocycles. The van der Waals surface area contributed by atoms with Crippen LogP contribution in [0.5, 0.6) is 0 Å². The van der Waals surface area contributed by atoms with E-state index in [-0.39, 0.29) is 23.7 Å². The monoisotopic (exact) mass is 278 g/mol. The van der Waals surface area contributed by atoms with Crippen LogP contribution in [0.2, 0.25) is 0 Å². The molecule has 0 saturated heterocycles. The highest BCUT2D eigenvalue weighted by molar-refractivity contribution is 5.83. The Morgan fingerprint density at radius 3 is 2.55 bits per heavy atom. The van der Waals surface area contributed by atoms with Gasteiger partial charge in [0.15, 0.2) is 5.78 Å². The molecule has 20 heavy (non-hydrogen) atoms. The molecule has 0 spiro atoms. The molecular weight excluding hydrogens is 248 g/mol. The highest BCUT2D eigenvalue weighted by Gasteiger charge is 2.56. The van der Waals surface area contributed by atoms with Crippen LogP contribution in [0.25, 0.3) is 0 Å². The second-order valence-corrected chi connectivity index (χ2v) is 8.15. The first-order valence-electron chi connectivity index (χ1n) is 8.62. The molecule has 0 aliphatic heterocycles. The van der Waals surface area contributed by atoms with Crippen molar-refractivity contribution in [1.29, 1.82) is 0 Å². The molecule has 0 aromatic heterocycles. The minimum absolute atomic E-state index is 0.102. The summed E-state index contributed by atoms with van der Waals surface area (Å²) in [6, 6.07) is 0. The van der Waals surface area contributed by atoms with Gasteiger partial charge in [0.2, 0.25) is 0 Å². The quantitative estimate of drug-likeness (QED) is 0.836. The number of hydrogen-bond acceptors (Lipinski definition) is 2. The van der Waals surface area contributed by atoms with Crippen molar-refractivity contribution in [2.45, 2.75) is 59.3 Å².